The number of methoxy groups -OCH3 is 1. The van der Waals surface area contributed by atoms with Gasteiger partial charge in [-0.05, 0) is 55.0 Å². The monoisotopic (exact) mass is 468 g/mol. The lowest BCUT2D eigenvalue weighted by molar-refractivity contribution is -0.186. The topological polar surface area (TPSA) is 86.9 Å². The van der Waals surface area contributed by atoms with Crippen LogP contribution in [0.5, 0.6) is 5.75 Å². The fraction of sp³-hybridized carbons (Fsp3) is 0.423. The highest BCUT2D eigenvalue weighted by Crippen LogP contribution is 2.60. The summed E-state index contributed by atoms with van der Waals surface area (Å²) in [5, 5.41) is 13.2. The lowest BCUT2D eigenvalue weighted by atomic mass is 9.59. The van der Waals surface area contributed by atoms with E-state index < -0.39 is 5.92 Å². The van der Waals surface area contributed by atoms with Crippen LogP contribution in [0.4, 0.5) is 8.78 Å². The van der Waals surface area contributed by atoms with Gasteiger partial charge in [0.2, 0.25) is 5.92 Å². The van der Waals surface area contributed by atoms with Crippen LogP contribution in [-0.2, 0) is 6.54 Å². The smallest absolute Gasteiger partial charge is 0.249 e. The minimum absolute atomic E-state index is 0.0220. The molecule has 4 N–H and O–H groups in total. The highest BCUT2D eigenvalue weighted by molar-refractivity contribution is 5.97. The first-order valence-electron chi connectivity index (χ1n) is 11.6. The molecule has 8 heteroatoms. The molecule has 3 aromatic rings. The van der Waals surface area contributed by atoms with E-state index in [2.05, 4.69) is 28.0 Å². The maximum absolute atomic E-state index is 13.9. The number of nitrogens with two attached hydrogens (primary N) is 1. The van der Waals surface area contributed by atoms with Gasteiger partial charge in [0.05, 0.1) is 7.11 Å². The zero-order valence-electron chi connectivity index (χ0n) is 19.4. The number of H-pyrrole nitrogens is 1. The zero-order valence-corrected chi connectivity index (χ0v) is 19.4. The number of amidine groups is 1. The van der Waals surface area contributed by atoms with Gasteiger partial charge in [-0.25, -0.2) is 8.78 Å². The zero-order chi connectivity index (χ0) is 24.1. The van der Waals surface area contributed by atoms with Gasteiger partial charge in [-0.1, -0.05) is 29.4 Å². The molecule has 1 aromatic heterocycles. The Morgan fingerprint density at radius 2 is 2.00 bits per heavy atom. The van der Waals surface area contributed by atoms with Crippen molar-refractivity contribution in [3.05, 3.63) is 64.8 Å². The Morgan fingerprint density at radius 1 is 1.26 bits per heavy atom. The molecule has 2 aromatic carbocycles. The summed E-state index contributed by atoms with van der Waals surface area (Å²) < 4.78 is 33.6. The molecule has 180 valence electrons. The number of hydrogen-bond acceptors (Lipinski definition) is 4. The average Bonchev–Trinajstić information content (AvgIpc) is 3.31. The molecule has 34 heavy (non-hydrogen) atoms. The predicted octanol–water partition coefficient (Wildman–Crippen LogP) is 5.33. The van der Waals surface area contributed by atoms with Gasteiger partial charge >= 0.3 is 0 Å². The number of halogens is 2. The Kier molecular flexibility index (Phi) is 5.51. The van der Waals surface area contributed by atoms with Crippen LogP contribution >= 0.6 is 0 Å². The van der Waals surface area contributed by atoms with E-state index in [4.69, 9.17) is 15.7 Å². The van der Waals surface area contributed by atoms with E-state index >= 15 is 0 Å². The molecule has 1 spiro atoms. The molecule has 1 aliphatic heterocycles. The summed E-state index contributed by atoms with van der Waals surface area (Å²) in [6.07, 6.45) is 3.29. The minimum atomic E-state index is -2.56. The van der Waals surface area contributed by atoms with Crippen LogP contribution in [-0.4, -0.2) is 40.5 Å². The van der Waals surface area contributed by atoms with Crippen LogP contribution in [0.3, 0.4) is 0 Å². The maximum Gasteiger partial charge on any atom is 0.249 e. The third kappa shape index (κ3) is 3.90. The molecule has 1 aliphatic carbocycles. The first-order valence-corrected chi connectivity index (χ1v) is 11.6. The molecule has 0 bridgehead atoms. The fourth-order valence-corrected chi connectivity index (χ4v) is 5.98. The van der Waals surface area contributed by atoms with E-state index in [0.717, 1.165) is 46.3 Å². The number of piperidine rings is 1. The van der Waals surface area contributed by atoms with Crippen LogP contribution in [0.1, 0.15) is 54.0 Å². The van der Waals surface area contributed by atoms with Crippen molar-refractivity contribution in [2.45, 2.75) is 51.1 Å². The number of aryl methyl sites for hydroxylation is 1. The third-order valence-corrected chi connectivity index (χ3v) is 7.66. The van der Waals surface area contributed by atoms with Crippen molar-refractivity contribution >= 4 is 16.7 Å². The van der Waals surface area contributed by atoms with E-state index in [-0.39, 0.29) is 30.1 Å². The van der Waals surface area contributed by atoms with Crippen molar-refractivity contribution in [2.24, 2.45) is 16.3 Å². The van der Waals surface area contributed by atoms with Gasteiger partial charge in [0.1, 0.15) is 5.75 Å². The van der Waals surface area contributed by atoms with Crippen LogP contribution in [0.2, 0.25) is 0 Å². The van der Waals surface area contributed by atoms with Crippen molar-refractivity contribution in [3.8, 4) is 5.75 Å². The van der Waals surface area contributed by atoms with Crippen molar-refractivity contribution in [2.75, 3.05) is 13.7 Å². The first-order chi connectivity index (χ1) is 16.2. The number of ether oxygens (including phenoxy) is 1. The summed E-state index contributed by atoms with van der Waals surface area (Å²) in [6.45, 7) is 3.43. The summed E-state index contributed by atoms with van der Waals surface area (Å²) in [5.74, 6) is -1.68. The second kappa shape index (κ2) is 8.27. The summed E-state index contributed by atoms with van der Waals surface area (Å²) in [4.78, 5) is 5.70. The fourth-order valence-electron chi connectivity index (χ4n) is 5.98. The molecule has 0 amide bonds. The Bertz CT molecular complexity index is 1230. The number of benzene rings is 2. The lowest BCUT2D eigenvalue weighted by Gasteiger charge is -2.54. The Morgan fingerprint density at radius 3 is 2.65 bits per heavy atom. The molecule has 2 heterocycles. The van der Waals surface area contributed by atoms with Crippen LogP contribution in [0.25, 0.3) is 10.9 Å². The standard InChI is InChI=1S/C26H30F2N4O2/c1-16-11-22(34-2)20(19-7-9-30-23(16)19)13-32-10-8-25(14-26(27,28)15-25)12-21(32)17-3-5-18(6-4-17)24(29)31-33/h3-7,9,11,21,30,33H,8,10,12-15H2,1-2H3,(H2,29,31)/t21-/m0/s1. The number of aromatic nitrogens is 1. The Hall–Kier alpha value is -3.13. The van der Waals surface area contributed by atoms with Crippen LogP contribution in [0.15, 0.2) is 47.8 Å². The molecule has 1 saturated carbocycles. The van der Waals surface area contributed by atoms with Gasteiger partial charge in [0, 0.05) is 53.7 Å². The molecule has 2 fully saturated rings. The second-order valence-electron chi connectivity index (χ2n) is 9.90. The summed E-state index contributed by atoms with van der Waals surface area (Å²) in [5.41, 5.74) is 10.4. The number of oxime groups is 1. The van der Waals surface area contributed by atoms with E-state index in [9.17, 15) is 8.78 Å². The number of nitrogens with one attached hydrogen (secondary N) is 1. The number of alkyl halides is 2. The van der Waals surface area contributed by atoms with Crippen molar-refractivity contribution in [3.63, 3.8) is 0 Å². The summed E-state index contributed by atoms with van der Waals surface area (Å²) in [6, 6.07) is 11.6. The van der Waals surface area contributed by atoms with Crippen molar-refractivity contribution < 1.29 is 18.7 Å². The molecule has 5 rings (SSSR count). The van der Waals surface area contributed by atoms with Crippen molar-refractivity contribution in [1.29, 1.82) is 0 Å². The second-order valence-corrected chi connectivity index (χ2v) is 9.90. The van der Waals surface area contributed by atoms with Gasteiger partial charge in [-0.15, -0.1) is 0 Å². The normalized spacial score (nSPS) is 22.1. The van der Waals surface area contributed by atoms with Gasteiger partial charge in [0.15, 0.2) is 5.84 Å². The van der Waals surface area contributed by atoms with Crippen LogP contribution < -0.4 is 10.5 Å². The quantitative estimate of drug-likeness (QED) is 0.204. The van der Waals surface area contributed by atoms with Gasteiger partial charge in [0.25, 0.3) is 0 Å². The van der Waals surface area contributed by atoms with Crippen LogP contribution in [0, 0.1) is 12.3 Å². The average molecular weight is 469 g/mol. The van der Waals surface area contributed by atoms with Crippen molar-refractivity contribution in [1.82, 2.24) is 9.88 Å². The number of likely N-dealkylation sites (tertiary alicyclic amines) is 1. The Balaban J connectivity index is 1.50. The molecular weight excluding hydrogens is 438 g/mol. The van der Waals surface area contributed by atoms with Gasteiger partial charge in [-0.3, -0.25) is 4.90 Å². The molecule has 0 radical (unpaired) electrons. The highest BCUT2D eigenvalue weighted by Gasteiger charge is 2.58. The number of aromatic amines is 1. The molecule has 0 unspecified atom stereocenters. The van der Waals surface area contributed by atoms with E-state index in [1.165, 1.54) is 0 Å². The highest BCUT2D eigenvalue weighted by atomic mass is 19.3. The number of rotatable bonds is 5. The number of fused-ring (bicyclic) bond motifs is 1. The molecule has 1 atom stereocenters. The largest absolute Gasteiger partial charge is 0.496 e. The Labute approximate surface area is 197 Å². The first kappa shape index (κ1) is 22.7. The van der Waals surface area contributed by atoms with E-state index in [1.807, 2.05) is 36.5 Å². The summed E-state index contributed by atoms with van der Waals surface area (Å²) in [7, 11) is 1.68. The number of nitrogens with zero attached hydrogens (tertiary/aromatic N) is 2. The van der Waals surface area contributed by atoms with Gasteiger partial charge in [-0.2, -0.15) is 0 Å². The molecular formula is C26H30F2N4O2. The number of hydrogen-bond donors (Lipinski definition) is 3. The SMILES string of the molecule is COc1cc(C)c2[nH]ccc2c1CN1CCC2(C[C@H]1c1ccc(/C(N)=N/O)cc1)CC(F)(F)C2. The molecule has 2 aliphatic rings. The minimum Gasteiger partial charge on any atom is -0.496 e. The van der Waals surface area contributed by atoms with E-state index in [1.54, 1.807) is 7.11 Å². The van der Waals surface area contributed by atoms with Gasteiger partial charge < -0.3 is 20.7 Å². The third-order valence-electron chi connectivity index (χ3n) is 7.66. The van der Waals surface area contributed by atoms with E-state index in [0.29, 0.717) is 18.5 Å². The lowest BCUT2D eigenvalue weighted by Crippen LogP contribution is -2.53. The molecule has 1 saturated heterocycles. The maximum atomic E-state index is 13.9. The summed E-state index contributed by atoms with van der Waals surface area (Å²) >= 11 is 0. The molecule has 6 nitrogen and oxygen atoms in total. The predicted molar refractivity (Wildman–Crippen MR) is 128 cm³/mol.